The number of carboxylic acids is 1. The van der Waals surface area contributed by atoms with Gasteiger partial charge in [0.05, 0.1) is 6.54 Å². The summed E-state index contributed by atoms with van der Waals surface area (Å²) in [5.74, 6) is -3.96. The van der Waals surface area contributed by atoms with Crippen molar-refractivity contribution in [3.8, 4) is 0 Å². The van der Waals surface area contributed by atoms with Gasteiger partial charge in [-0.25, -0.2) is 0 Å². The maximum absolute atomic E-state index is 12.8. The Hall–Kier alpha value is -2.59. The Morgan fingerprint density at radius 2 is 1.86 bits per heavy atom. The average molecular weight is 456 g/mol. The summed E-state index contributed by atoms with van der Waals surface area (Å²) in [6.45, 7) is 4.27. The molecule has 1 atom stereocenters. The molecule has 1 aliphatic heterocycles. The molecule has 2 rings (SSSR count). The molecule has 0 aliphatic carbocycles. The van der Waals surface area contributed by atoms with E-state index in [-0.39, 0.29) is 6.54 Å². The minimum absolute atomic E-state index is 0.00993. The molecule has 9 nitrogen and oxygen atoms in total. The fourth-order valence-electron chi connectivity index (χ4n) is 2.77. The molecule has 152 valence electrons. The van der Waals surface area contributed by atoms with E-state index in [0.717, 1.165) is 9.80 Å². The average Bonchev–Trinajstić information content (AvgIpc) is 2.57. The SMILES string of the molecule is CC(C)(C)N1C(=O)C(C(=O)NCC(=O)O)=C(O)N(Cc2ccccc2Br)C1O. The second kappa shape index (κ2) is 8.19. The van der Waals surface area contributed by atoms with Crippen LogP contribution in [-0.2, 0) is 20.9 Å². The standard InChI is InChI=1S/C18H22BrN3O6/c1-18(2,3)22-16(27)13(14(25)20-8-12(23)24)15(26)21(17(22)28)9-10-6-4-5-7-11(10)19/h4-7,17,26,28H,8-9H2,1-3H3,(H,20,25)(H,23,24). The molecule has 0 radical (unpaired) electrons. The van der Waals surface area contributed by atoms with E-state index in [4.69, 9.17) is 5.11 Å². The maximum atomic E-state index is 12.8. The Balaban J connectivity index is 2.51. The quantitative estimate of drug-likeness (QED) is 0.489. The van der Waals surface area contributed by atoms with Crippen molar-refractivity contribution in [3.63, 3.8) is 0 Å². The van der Waals surface area contributed by atoms with Crippen LogP contribution < -0.4 is 5.32 Å². The smallest absolute Gasteiger partial charge is 0.322 e. The van der Waals surface area contributed by atoms with Crippen molar-refractivity contribution in [3.05, 3.63) is 45.8 Å². The van der Waals surface area contributed by atoms with Crippen molar-refractivity contribution in [1.29, 1.82) is 0 Å². The zero-order valence-electron chi connectivity index (χ0n) is 15.6. The van der Waals surface area contributed by atoms with Crippen LogP contribution >= 0.6 is 15.9 Å². The summed E-state index contributed by atoms with van der Waals surface area (Å²) in [7, 11) is 0. The number of carbonyl (C=O) groups excluding carboxylic acids is 2. The minimum atomic E-state index is -1.53. The number of hydrogen-bond donors (Lipinski definition) is 4. The number of carboxylic acid groups (broad SMARTS) is 1. The van der Waals surface area contributed by atoms with Crippen LogP contribution in [0.25, 0.3) is 0 Å². The number of carbonyl (C=O) groups is 3. The summed E-state index contributed by atoms with van der Waals surface area (Å²) < 4.78 is 0.714. The van der Waals surface area contributed by atoms with Gasteiger partial charge in [-0.3, -0.25) is 24.2 Å². The van der Waals surface area contributed by atoms with E-state index in [1.54, 1.807) is 45.0 Å². The highest BCUT2D eigenvalue weighted by molar-refractivity contribution is 9.10. The van der Waals surface area contributed by atoms with Crippen molar-refractivity contribution in [1.82, 2.24) is 15.1 Å². The van der Waals surface area contributed by atoms with Crippen LogP contribution in [0.2, 0.25) is 0 Å². The van der Waals surface area contributed by atoms with Gasteiger partial charge in [0.15, 0.2) is 5.57 Å². The van der Waals surface area contributed by atoms with E-state index in [1.165, 1.54) is 0 Å². The van der Waals surface area contributed by atoms with Gasteiger partial charge in [-0.05, 0) is 32.4 Å². The first-order valence-corrected chi connectivity index (χ1v) is 9.19. The zero-order valence-corrected chi connectivity index (χ0v) is 17.2. The molecule has 1 aromatic carbocycles. The lowest BCUT2D eigenvalue weighted by Gasteiger charge is -2.47. The minimum Gasteiger partial charge on any atom is -0.494 e. The van der Waals surface area contributed by atoms with Crippen molar-refractivity contribution < 1.29 is 29.7 Å². The van der Waals surface area contributed by atoms with Crippen LogP contribution in [0.5, 0.6) is 0 Å². The summed E-state index contributed by atoms with van der Waals surface area (Å²) in [6.07, 6.45) is -1.53. The van der Waals surface area contributed by atoms with Crippen LogP contribution in [0.15, 0.2) is 40.2 Å². The van der Waals surface area contributed by atoms with Gasteiger partial charge in [0.2, 0.25) is 12.2 Å². The Bertz CT molecular complexity index is 833. The topological polar surface area (TPSA) is 130 Å². The second-order valence-corrected chi connectivity index (χ2v) is 8.04. The monoisotopic (exact) mass is 455 g/mol. The van der Waals surface area contributed by atoms with Gasteiger partial charge in [0, 0.05) is 10.0 Å². The van der Waals surface area contributed by atoms with E-state index < -0.39 is 47.7 Å². The zero-order chi connectivity index (χ0) is 21.2. The number of aliphatic hydroxyl groups is 2. The summed E-state index contributed by atoms with van der Waals surface area (Å²) >= 11 is 3.38. The number of benzene rings is 1. The number of rotatable bonds is 5. The molecule has 0 spiro atoms. The highest BCUT2D eigenvalue weighted by Crippen LogP contribution is 2.31. The van der Waals surface area contributed by atoms with Gasteiger partial charge < -0.3 is 20.6 Å². The molecule has 28 heavy (non-hydrogen) atoms. The number of hydrogen-bond acceptors (Lipinski definition) is 6. The molecule has 0 saturated heterocycles. The third-order valence-corrected chi connectivity index (χ3v) is 4.86. The fourth-order valence-corrected chi connectivity index (χ4v) is 3.18. The first-order valence-electron chi connectivity index (χ1n) is 8.40. The number of aliphatic carboxylic acids is 1. The van der Waals surface area contributed by atoms with E-state index in [0.29, 0.717) is 10.0 Å². The number of nitrogens with zero attached hydrogens (tertiary/aromatic N) is 2. The summed E-state index contributed by atoms with van der Waals surface area (Å²) in [4.78, 5) is 38.1. The first-order chi connectivity index (χ1) is 12.9. The van der Waals surface area contributed by atoms with Gasteiger partial charge in [0.25, 0.3) is 11.8 Å². The Labute approximate surface area is 170 Å². The van der Waals surface area contributed by atoms with Gasteiger partial charge in [-0.15, -0.1) is 0 Å². The lowest BCUT2D eigenvalue weighted by Crippen LogP contribution is -2.62. The van der Waals surface area contributed by atoms with Crippen LogP contribution in [-0.4, -0.2) is 61.3 Å². The highest BCUT2D eigenvalue weighted by atomic mass is 79.9. The molecular weight excluding hydrogens is 434 g/mol. The second-order valence-electron chi connectivity index (χ2n) is 7.19. The molecule has 0 aromatic heterocycles. The van der Waals surface area contributed by atoms with Crippen molar-refractivity contribution >= 4 is 33.7 Å². The number of nitrogens with one attached hydrogen (secondary N) is 1. The molecular formula is C18H22BrN3O6. The van der Waals surface area contributed by atoms with E-state index in [1.807, 2.05) is 0 Å². The molecule has 0 fully saturated rings. The summed E-state index contributed by atoms with van der Waals surface area (Å²) in [5, 5.41) is 32.2. The summed E-state index contributed by atoms with van der Waals surface area (Å²) in [6, 6.07) is 7.10. The van der Waals surface area contributed by atoms with Crippen LogP contribution in [0.3, 0.4) is 0 Å². The Kier molecular flexibility index (Phi) is 6.35. The van der Waals surface area contributed by atoms with Crippen LogP contribution in [0.4, 0.5) is 0 Å². The van der Waals surface area contributed by atoms with Crippen LogP contribution in [0, 0.1) is 0 Å². The summed E-state index contributed by atoms with van der Waals surface area (Å²) in [5.41, 5.74) is -0.822. The predicted octanol–water partition coefficient (Wildman–Crippen LogP) is 1.14. The Morgan fingerprint density at radius 1 is 1.25 bits per heavy atom. The Morgan fingerprint density at radius 3 is 2.39 bits per heavy atom. The molecule has 1 unspecified atom stereocenters. The normalized spacial score (nSPS) is 17.8. The molecule has 1 heterocycles. The molecule has 10 heteroatoms. The van der Waals surface area contributed by atoms with Crippen molar-refractivity contribution in [2.75, 3.05) is 6.54 Å². The third-order valence-electron chi connectivity index (χ3n) is 4.09. The number of aliphatic hydroxyl groups excluding tert-OH is 2. The van der Waals surface area contributed by atoms with E-state index in [9.17, 15) is 24.6 Å². The fraction of sp³-hybridized carbons (Fsp3) is 0.389. The van der Waals surface area contributed by atoms with Gasteiger partial charge >= 0.3 is 5.97 Å². The molecule has 4 N–H and O–H groups in total. The molecule has 0 bridgehead atoms. The van der Waals surface area contributed by atoms with Gasteiger partial charge in [-0.2, -0.15) is 0 Å². The third kappa shape index (κ3) is 4.45. The molecule has 0 saturated carbocycles. The largest absolute Gasteiger partial charge is 0.494 e. The molecule has 1 aromatic rings. The highest BCUT2D eigenvalue weighted by Gasteiger charge is 2.46. The first kappa shape index (κ1) is 21.7. The predicted molar refractivity (Wildman–Crippen MR) is 103 cm³/mol. The van der Waals surface area contributed by atoms with Gasteiger partial charge in [-0.1, -0.05) is 34.1 Å². The lowest BCUT2D eigenvalue weighted by molar-refractivity contribution is -0.180. The molecule has 1 aliphatic rings. The maximum Gasteiger partial charge on any atom is 0.322 e. The van der Waals surface area contributed by atoms with Crippen molar-refractivity contribution in [2.24, 2.45) is 0 Å². The lowest BCUT2D eigenvalue weighted by atomic mass is 10.0. The van der Waals surface area contributed by atoms with Crippen molar-refractivity contribution in [2.45, 2.75) is 39.2 Å². The van der Waals surface area contributed by atoms with E-state index >= 15 is 0 Å². The van der Waals surface area contributed by atoms with E-state index in [2.05, 4.69) is 21.2 Å². The van der Waals surface area contributed by atoms with Crippen LogP contribution in [0.1, 0.15) is 26.3 Å². The molecule has 2 amide bonds. The van der Waals surface area contributed by atoms with Gasteiger partial charge in [0.1, 0.15) is 6.54 Å². The number of amides is 2. The number of halogens is 1.